The van der Waals surface area contributed by atoms with E-state index in [4.69, 9.17) is 0 Å². The Morgan fingerprint density at radius 3 is 2.77 bits per heavy atom. The molecule has 1 nitrogen and oxygen atoms in total. The molecule has 0 aliphatic heterocycles. The molecule has 0 saturated carbocycles. The van der Waals surface area contributed by atoms with E-state index in [0.717, 1.165) is 11.1 Å². The summed E-state index contributed by atoms with van der Waals surface area (Å²) in [7, 11) is 0. The third-order valence-corrected chi connectivity index (χ3v) is 1.77. The highest BCUT2D eigenvalue weighted by Gasteiger charge is 1.97. The van der Waals surface area contributed by atoms with Crippen LogP contribution in [-0.2, 0) is 0 Å². The number of nitrogens with zero attached hydrogens (tertiary/aromatic N) is 1. The molecule has 63 valence electrons. The van der Waals surface area contributed by atoms with Crippen LogP contribution in [-0.4, -0.2) is 4.98 Å². The molecule has 13 heavy (non-hydrogen) atoms. The maximum atomic E-state index is 12.8. The minimum atomic E-state index is -0.231. The van der Waals surface area contributed by atoms with Crippen molar-refractivity contribution in [1.82, 2.24) is 4.98 Å². The first-order chi connectivity index (χ1) is 6.36. The summed E-state index contributed by atoms with van der Waals surface area (Å²) in [5, 5.41) is 0. The number of halogens is 1. The van der Waals surface area contributed by atoms with Gasteiger partial charge in [-0.3, -0.25) is 4.98 Å². The molecule has 1 aromatic heterocycles. The molecular formula is C11H7FN. The second kappa shape index (κ2) is 3.35. The number of aromatic nitrogens is 1. The highest BCUT2D eigenvalue weighted by atomic mass is 19.1. The van der Waals surface area contributed by atoms with E-state index in [1.54, 1.807) is 18.3 Å². The van der Waals surface area contributed by atoms with E-state index < -0.39 is 0 Å². The number of benzene rings is 1. The maximum absolute atomic E-state index is 12.8. The molecule has 0 N–H and O–H groups in total. The lowest BCUT2D eigenvalue weighted by Gasteiger charge is -1.99. The summed E-state index contributed by atoms with van der Waals surface area (Å²) in [5.74, 6) is -0.231. The van der Waals surface area contributed by atoms with Gasteiger partial charge < -0.3 is 0 Å². The minimum Gasteiger partial charge on any atom is -0.254 e. The van der Waals surface area contributed by atoms with E-state index in [2.05, 4.69) is 11.2 Å². The molecule has 0 spiro atoms. The normalized spacial score (nSPS) is 9.92. The fourth-order valence-corrected chi connectivity index (χ4v) is 1.16. The molecule has 1 aromatic carbocycles. The van der Waals surface area contributed by atoms with Crippen molar-refractivity contribution in [2.45, 2.75) is 0 Å². The fourth-order valence-electron chi connectivity index (χ4n) is 1.16. The second-order valence-electron chi connectivity index (χ2n) is 2.69. The summed E-state index contributed by atoms with van der Waals surface area (Å²) < 4.78 is 12.8. The van der Waals surface area contributed by atoms with Crippen molar-refractivity contribution in [3.05, 3.63) is 54.6 Å². The molecule has 1 radical (unpaired) electrons. The molecule has 2 rings (SSSR count). The predicted molar refractivity (Wildman–Crippen MR) is 48.5 cm³/mol. The van der Waals surface area contributed by atoms with Crippen LogP contribution in [0.5, 0.6) is 0 Å². The van der Waals surface area contributed by atoms with E-state index in [1.807, 2.05) is 12.1 Å². The van der Waals surface area contributed by atoms with Gasteiger partial charge in [0.1, 0.15) is 5.82 Å². The van der Waals surface area contributed by atoms with Gasteiger partial charge in [0.05, 0.1) is 6.20 Å². The summed E-state index contributed by atoms with van der Waals surface area (Å²) in [4.78, 5) is 3.84. The van der Waals surface area contributed by atoms with Gasteiger partial charge in [0.25, 0.3) is 0 Å². The molecule has 0 aliphatic carbocycles. The molecule has 2 heteroatoms. The molecular weight excluding hydrogens is 165 g/mol. The number of hydrogen-bond acceptors (Lipinski definition) is 1. The highest BCUT2D eigenvalue weighted by Crippen LogP contribution is 2.17. The first-order valence-corrected chi connectivity index (χ1v) is 3.94. The van der Waals surface area contributed by atoms with Crippen LogP contribution < -0.4 is 0 Å². The average molecular weight is 172 g/mol. The molecule has 2 aromatic rings. The summed E-state index contributed by atoms with van der Waals surface area (Å²) in [5.41, 5.74) is 1.74. The quantitative estimate of drug-likeness (QED) is 0.644. The van der Waals surface area contributed by atoms with E-state index in [0.29, 0.717) is 0 Å². The van der Waals surface area contributed by atoms with Crippen LogP contribution >= 0.6 is 0 Å². The van der Waals surface area contributed by atoms with Crippen LogP contribution in [0.4, 0.5) is 4.39 Å². The van der Waals surface area contributed by atoms with E-state index in [-0.39, 0.29) is 5.82 Å². The Morgan fingerprint density at radius 2 is 2.08 bits per heavy atom. The fraction of sp³-hybridized carbons (Fsp3) is 0. The van der Waals surface area contributed by atoms with Crippen LogP contribution in [0.1, 0.15) is 0 Å². The third kappa shape index (κ3) is 1.72. The van der Waals surface area contributed by atoms with Crippen molar-refractivity contribution >= 4 is 0 Å². The maximum Gasteiger partial charge on any atom is 0.123 e. The summed E-state index contributed by atoms with van der Waals surface area (Å²) in [6.45, 7) is 0. The van der Waals surface area contributed by atoms with Crippen molar-refractivity contribution in [3.8, 4) is 11.1 Å². The number of pyridine rings is 1. The standard InChI is InChI=1S/C11H7FN/c12-11-5-1-3-9(7-11)10-4-2-6-13-8-10/h1-5,7-8H. The molecule has 0 fully saturated rings. The average Bonchev–Trinajstić information content (AvgIpc) is 2.19. The predicted octanol–water partition coefficient (Wildman–Crippen LogP) is 2.69. The highest BCUT2D eigenvalue weighted by molar-refractivity contribution is 5.61. The third-order valence-electron chi connectivity index (χ3n) is 1.77. The lowest BCUT2D eigenvalue weighted by atomic mass is 10.1. The second-order valence-corrected chi connectivity index (χ2v) is 2.69. The van der Waals surface area contributed by atoms with Crippen molar-refractivity contribution in [2.24, 2.45) is 0 Å². The number of rotatable bonds is 1. The van der Waals surface area contributed by atoms with Crippen LogP contribution in [0.15, 0.2) is 42.6 Å². The first kappa shape index (κ1) is 7.92. The zero-order valence-electron chi connectivity index (χ0n) is 6.87. The molecule has 1 heterocycles. The summed E-state index contributed by atoms with van der Waals surface area (Å²) >= 11 is 0. The Morgan fingerprint density at radius 1 is 1.15 bits per heavy atom. The van der Waals surface area contributed by atoms with Crippen molar-refractivity contribution < 1.29 is 4.39 Å². The van der Waals surface area contributed by atoms with Crippen LogP contribution in [0.2, 0.25) is 0 Å². The lowest BCUT2D eigenvalue weighted by molar-refractivity contribution is 0.628. The molecule has 0 atom stereocenters. The van der Waals surface area contributed by atoms with Gasteiger partial charge in [-0.05, 0) is 23.8 Å². The SMILES string of the molecule is Fc1cccc(-c2cc[c]nc2)c1. The van der Waals surface area contributed by atoms with E-state index >= 15 is 0 Å². The Hall–Kier alpha value is -1.70. The van der Waals surface area contributed by atoms with Gasteiger partial charge in [-0.2, -0.15) is 0 Å². The molecule has 0 saturated heterocycles. The Balaban J connectivity index is 2.48. The van der Waals surface area contributed by atoms with Gasteiger partial charge in [-0.15, -0.1) is 0 Å². The van der Waals surface area contributed by atoms with Gasteiger partial charge in [0.2, 0.25) is 0 Å². The van der Waals surface area contributed by atoms with E-state index in [9.17, 15) is 4.39 Å². The van der Waals surface area contributed by atoms with Gasteiger partial charge in [-0.1, -0.05) is 18.2 Å². The van der Waals surface area contributed by atoms with Crippen molar-refractivity contribution in [1.29, 1.82) is 0 Å². The Labute approximate surface area is 75.9 Å². The zero-order chi connectivity index (χ0) is 9.10. The lowest BCUT2D eigenvalue weighted by Crippen LogP contribution is -1.80. The summed E-state index contributed by atoms with van der Waals surface area (Å²) in [6, 6.07) is 9.99. The van der Waals surface area contributed by atoms with Gasteiger partial charge in [0.15, 0.2) is 0 Å². The Kier molecular flexibility index (Phi) is 2.04. The van der Waals surface area contributed by atoms with Crippen LogP contribution in [0, 0.1) is 12.0 Å². The van der Waals surface area contributed by atoms with Crippen LogP contribution in [0.25, 0.3) is 11.1 Å². The molecule has 0 bridgehead atoms. The van der Waals surface area contributed by atoms with Gasteiger partial charge in [0, 0.05) is 11.8 Å². The zero-order valence-corrected chi connectivity index (χ0v) is 6.87. The number of hydrogen-bond donors (Lipinski definition) is 0. The monoisotopic (exact) mass is 172 g/mol. The largest absolute Gasteiger partial charge is 0.254 e. The topological polar surface area (TPSA) is 12.9 Å². The Bertz CT molecular complexity index is 398. The summed E-state index contributed by atoms with van der Waals surface area (Å²) in [6.07, 6.45) is 4.33. The van der Waals surface area contributed by atoms with Crippen molar-refractivity contribution in [2.75, 3.05) is 0 Å². The van der Waals surface area contributed by atoms with Crippen LogP contribution in [0.3, 0.4) is 0 Å². The smallest absolute Gasteiger partial charge is 0.123 e. The van der Waals surface area contributed by atoms with Gasteiger partial charge >= 0.3 is 0 Å². The molecule has 0 amide bonds. The first-order valence-electron chi connectivity index (χ1n) is 3.94. The van der Waals surface area contributed by atoms with Gasteiger partial charge in [-0.25, -0.2) is 4.39 Å². The van der Waals surface area contributed by atoms with E-state index in [1.165, 1.54) is 12.1 Å². The molecule has 0 unspecified atom stereocenters. The molecule has 0 aliphatic rings. The minimum absolute atomic E-state index is 0.231. The van der Waals surface area contributed by atoms with Crippen molar-refractivity contribution in [3.63, 3.8) is 0 Å².